The zero-order chi connectivity index (χ0) is 12.4. The molecule has 0 spiro atoms. The quantitative estimate of drug-likeness (QED) is 0.613. The highest BCUT2D eigenvalue weighted by Crippen LogP contribution is 2.01. The molecule has 0 atom stereocenters. The number of allylic oxidation sites excluding steroid dienone is 1. The van der Waals surface area contributed by atoms with Gasteiger partial charge < -0.3 is 0 Å². The number of halogens is 2. The minimum Gasteiger partial charge on any atom is -0.281 e. The molecule has 0 saturated heterocycles. The van der Waals surface area contributed by atoms with Crippen molar-refractivity contribution < 1.29 is 9.59 Å². The Morgan fingerprint density at radius 2 is 1.69 bits per heavy atom. The molecule has 0 fully saturated rings. The first-order chi connectivity index (χ1) is 7.56. The van der Waals surface area contributed by atoms with Gasteiger partial charge in [-0.1, -0.05) is 43.3 Å². The molecule has 4 heteroatoms. The van der Waals surface area contributed by atoms with Crippen LogP contribution in [0.15, 0.2) is 36.4 Å². The van der Waals surface area contributed by atoms with Crippen LogP contribution < -0.4 is 0 Å². The molecule has 1 aromatic carbocycles. The Labute approximate surface area is 105 Å². The van der Waals surface area contributed by atoms with Gasteiger partial charge in [-0.05, 0) is 34.8 Å². The normalized spacial score (nSPS) is 9.44. The van der Waals surface area contributed by atoms with Gasteiger partial charge in [0.2, 0.25) is 10.5 Å². The molecule has 0 saturated carbocycles. The van der Waals surface area contributed by atoms with Crippen molar-refractivity contribution in [2.75, 3.05) is 0 Å². The van der Waals surface area contributed by atoms with Crippen LogP contribution in [0.1, 0.15) is 18.9 Å². The lowest BCUT2D eigenvalue weighted by Gasteiger charge is -1.87. The molecule has 1 aromatic rings. The van der Waals surface area contributed by atoms with Gasteiger partial charge >= 0.3 is 0 Å². The largest absolute Gasteiger partial charge is 0.281 e. The molecule has 0 radical (unpaired) electrons. The van der Waals surface area contributed by atoms with Crippen LogP contribution in [0, 0.1) is 0 Å². The molecule has 1 rings (SSSR count). The highest BCUT2D eigenvalue weighted by molar-refractivity contribution is 6.66. The molecule has 0 amide bonds. The standard InChI is InChI=1S/C9H7ClO.C3H5ClO/c10-9(11)7-6-8-4-2-1-3-5-8;1-2-3(4)5/h1-7H;2H2,1H3. The molecule has 0 N–H and O–H groups in total. The molecule has 2 nitrogen and oxygen atoms in total. The summed E-state index contributed by atoms with van der Waals surface area (Å²) in [5.41, 5.74) is 0.974. The summed E-state index contributed by atoms with van der Waals surface area (Å²) >= 11 is 9.93. The van der Waals surface area contributed by atoms with Crippen molar-refractivity contribution in [1.29, 1.82) is 0 Å². The average molecular weight is 259 g/mol. The third kappa shape index (κ3) is 9.44. The van der Waals surface area contributed by atoms with Gasteiger partial charge in [-0.2, -0.15) is 0 Å². The minimum absolute atomic E-state index is 0.273. The van der Waals surface area contributed by atoms with Crippen LogP contribution >= 0.6 is 23.2 Å². The molecule has 0 aliphatic heterocycles. The molecule has 0 aliphatic rings. The van der Waals surface area contributed by atoms with Gasteiger partial charge in [0.1, 0.15) is 0 Å². The fraction of sp³-hybridized carbons (Fsp3) is 0.167. The SMILES string of the molecule is CCC(=O)Cl.O=C(Cl)C=Cc1ccccc1. The second kappa shape index (κ2) is 9.13. The van der Waals surface area contributed by atoms with Crippen LogP contribution in [-0.4, -0.2) is 10.5 Å². The van der Waals surface area contributed by atoms with Crippen LogP contribution in [0.3, 0.4) is 0 Å². The summed E-state index contributed by atoms with van der Waals surface area (Å²) in [6, 6.07) is 9.52. The van der Waals surface area contributed by atoms with E-state index in [1.165, 1.54) is 6.08 Å². The van der Waals surface area contributed by atoms with E-state index in [2.05, 4.69) is 0 Å². The predicted octanol–water partition coefficient (Wildman–Crippen LogP) is 3.63. The maximum atomic E-state index is 10.3. The van der Waals surface area contributed by atoms with Gasteiger partial charge in [-0.3, -0.25) is 9.59 Å². The molecule has 16 heavy (non-hydrogen) atoms. The zero-order valence-electron chi connectivity index (χ0n) is 8.82. The molecule has 0 aromatic heterocycles. The third-order valence-electron chi connectivity index (χ3n) is 1.48. The van der Waals surface area contributed by atoms with Gasteiger partial charge in [-0.25, -0.2) is 0 Å². The molecule has 0 bridgehead atoms. The molecule has 0 unspecified atom stereocenters. The first kappa shape index (κ1) is 14.9. The summed E-state index contributed by atoms with van der Waals surface area (Å²) in [7, 11) is 0. The molecule has 0 aliphatic carbocycles. The van der Waals surface area contributed by atoms with Gasteiger partial charge in [0, 0.05) is 6.42 Å². The van der Waals surface area contributed by atoms with Gasteiger partial charge in [0.15, 0.2) is 0 Å². The first-order valence-corrected chi connectivity index (χ1v) is 5.42. The van der Waals surface area contributed by atoms with Crippen molar-refractivity contribution >= 4 is 39.8 Å². The van der Waals surface area contributed by atoms with Crippen molar-refractivity contribution in [2.24, 2.45) is 0 Å². The van der Waals surface area contributed by atoms with E-state index in [1.54, 1.807) is 13.0 Å². The zero-order valence-corrected chi connectivity index (χ0v) is 10.3. The van der Waals surface area contributed by atoms with Crippen LogP contribution in [0.2, 0.25) is 0 Å². The van der Waals surface area contributed by atoms with Crippen LogP contribution in [0.25, 0.3) is 6.08 Å². The summed E-state index contributed by atoms with van der Waals surface area (Å²) in [5.74, 6) is 0. The molecule has 86 valence electrons. The Bertz CT molecular complexity index is 359. The van der Waals surface area contributed by atoms with Gasteiger partial charge in [0.05, 0.1) is 0 Å². The first-order valence-electron chi connectivity index (χ1n) is 4.67. The Morgan fingerprint density at radius 1 is 1.19 bits per heavy atom. The lowest BCUT2D eigenvalue weighted by molar-refractivity contribution is -0.111. The average Bonchev–Trinajstić information content (AvgIpc) is 2.28. The molecule has 0 heterocycles. The summed E-state index contributed by atoms with van der Waals surface area (Å²) in [6.45, 7) is 1.72. The highest BCUT2D eigenvalue weighted by Gasteiger charge is 1.85. The maximum absolute atomic E-state index is 10.3. The lowest BCUT2D eigenvalue weighted by Crippen LogP contribution is -1.75. The Kier molecular flexibility index (Phi) is 8.49. The Balaban J connectivity index is 0.000000385. The summed E-state index contributed by atoms with van der Waals surface area (Å²) < 4.78 is 0. The van der Waals surface area contributed by atoms with Crippen molar-refractivity contribution in [1.82, 2.24) is 0 Å². The Morgan fingerprint density at radius 3 is 2.06 bits per heavy atom. The number of hydrogen-bond donors (Lipinski definition) is 0. The second-order valence-corrected chi connectivity index (χ2v) is 3.55. The maximum Gasteiger partial charge on any atom is 0.245 e. The lowest BCUT2D eigenvalue weighted by atomic mass is 10.2. The fourth-order valence-electron chi connectivity index (χ4n) is 0.726. The summed E-state index contributed by atoms with van der Waals surface area (Å²) in [5, 5.41) is -0.723. The fourth-order valence-corrected chi connectivity index (χ4v) is 0.789. The molecular weight excluding hydrogens is 247 g/mol. The predicted molar refractivity (Wildman–Crippen MR) is 67.5 cm³/mol. The number of hydrogen-bond acceptors (Lipinski definition) is 2. The summed E-state index contributed by atoms with van der Waals surface area (Å²) in [4.78, 5) is 19.9. The highest BCUT2D eigenvalue weighted by atomic mass is 35.5. The number of carbonyl (C=O) groups is 2. The van der Waals surface area contributed by atoms with Gasteiger partial charge in [0.25, 0.3) is 0 Å². The van der Waals surface area contributed by atoms with E-state index in [0.717, 1.165) is 5.56 Å². The second-order valence-electron chi connectivity index (χ2n) is 2.76. The van der Waals surface area contributed by atoms with E-state index in [0.29, 0.717) is 6.42 Å². The van der Waals surface area contributed by atoms with Gasteiger partial charge in [-0.15, -0.1) is 0 Å². The van der Waals surface area contributed by atoms with Crippen LogP contribution in [0.5, 0.6) is 0 Å². The van der Waals surface area contributed by atoms with E-state index in [-0.39, 0.29) is 5.24 Å². The summed E-state index contributed by atoms with van der Waals surface area (Å²) in [6.07, 6.45) is 3.44. The van der Waals surface area contributed by atoms with E-state index in [9.17, 15) is 9.59 Å². The van der Waals surface area contributed by atoms with E-state index >= 15 is 0 Å². The van der Waals surface area contributed by atoms with E-state index in [4.69, 9.17) is 23.2 Å². The van der Waals surface area contributed by atoms with E-state index < -0.39 is 5.24 Å². The van der Waals surface area contributed by atoms with Crippen LogP contribution in [0.4, 0.5) is 0 Å². The van der Waals surface area contributed by atoms with E-state index in [1.807, 2.05) is 30.3 Å². The van der Waals surface area contributed by atoms with Crippen LogP contribution in [-0.2, 0) is 9.59 Å². The third-order valence-corrected chi connectivity index (χ3v) is 1.88. The number of benzene rings is 1. The monoisotopic (exact) mass is 258 g/mol. The topological polar surface area (TPSA) is 34.1 Å². The van der Waals surface area contributed by atoms with Crippen molar-refractivity contribution in [3.8, 4) is 0 Å². The number of carbonyl (C=O) groups excluding carboxylic acids is 2. The number of rotatable bonds is 3. The smallest absolute Gasteiger partial charge is 0.245 e. The van der Waals surface area contributed by atoms with Crippen molar-refractivity contribution in [3.63, 3.8) is 0 Å². The van der Waals surface area contributed by atoms with Crippen molar-refractivity contribution in [2.45, 2.75) is 13.3 Å². The van der Waals surface area contributed by atoms with Crippen molar-refractivity contribution in [3.05, 3.63) is 42.0 Å². The Hall–Kier alpha value is -1.12. The molecular formula is C12H12Cl2O2. The minimum atomic E-state index is -0.450.